The molecule has 3 nitrogen and oxygen atoms in total. The molecule has 0 radical (unpaired) electrons. The third-order valence-electron chi connectivity index (χ3n) is 3.45. The van der Waals surface area contributed by atoms with Crippen LogP contribution in [-0.4, -0.2) is 73.4 Å². The summed E-state index contributed by atoms with van der Waals surface area (Å²) in [5, 5.41) is 0. The van der Waals surface area contributed by atoms with Gasteiger partial charge in [0.2, 0.25) is 0 Å². The van der Waals surface area contributed by atoms with Crippen LogP contribution in [0.3, 0.4) is 0 Å². The van der Waals surface area contributed by atoms with Gasteiger partial charge in [0, 0.05) is 0 Å². The summed E-state index contributed by atoms with van der Waals surface area (Å²) in [4.78, 5) is 10.5. The summed E-state index contributed by atoms with van der Waals surface area (Å²) in [5.74, 6) is -56.6. The Morgan fingerprint density at radius 3 is 1.21 bits per heavy atom. The summed E-state index contributed by atoms with van der Waals surface area (Å²) in [6.07, 6.45) is -14.4. The second kappa shape index (κ2) is 8.86. The van der Waals surface area contributed by atoms with Crippen LogP contribution in [0, 0.1) is 0 Å². The van der Waals surface area contributed by atoms with Crippen molar-refractivity contribution < 1.29 is 97.7 Å². The summed E-state index contributed by atoms with van der Waals surface area (Å²) in [6, 6.07) is 0. The molecule has 0 aliphatic heterocycles. The third kappa shape index (κ3) is 5.13. The molecule has 0 saturated carbocycles. The molecule has 0 spiro atoms. The lowest BCUT2D eigenvalue weighted by atomic mass is 9.89. The van der Waals surface area contributed by atoms with E-state index in [-0.39, 0.29) is 0 Å². The predicted octanol–water partition coefficient (Wildman–Crippen LogP) is 6.41. The van der Waals surface area contributed by atoms with E-state index in [1.165, 1.54) is 0 Å². The zero-order chi connectivity index (χ0) is 28.0. The number of hydrogen-bond acceptors (Lipinski definition) is 3. The molecular weight excluding hydrogens is 553 g/mol. The smallest absolute Gasteiger partial charge is 0.428 e. The number of ether oxygens (including phenoxy) is 2. The molecule has 0 aromatic rings. The van der Waals surface area contributed by atoms with Crippen molar-refractivity contribution in [3.8, 4) is 0 Å². The first-order valence-electron chi connectivity index (χ1n) is 7.33. The Hall–Kier alpha value is -2.06. The maximum atomic E-state index is 13.4. The lowest BCUT2D eigenvalue weighted by Crippen LogP contribution is -2.74. The van der Waals surface area contributed by atoms with Crippen LogP contribution < -0.4 is 0 Å². The van der Waals surface area contributed by atoms with E-state index in [9.17, 15) is 88.2 Å². The minimum Gasteiger partial charge on any atom is -0.428 e. The van der Waals surface area contributed by atoms with Gasteiger partial charge < -0.3 is 9.47 Å². The fourth-order valence-electron chi connectivity index (χ4n) is 1.59. The maximum Gasteiger partial charge on any atom is 0.508 e. The van der Waals surface area contributed by atoms with E-state index in [4.69, 9.17) is 0 Å². The van der Waals surface area contributed by atoms with Gasteiger partial charge in [-0.25, -0.2) is 13.6 Å². The van der Waals surface area contributed by atoms with Gasteiger partial charge in [-0.1, -0.05) is 0 Å². The molecule has 0 saturated heterocycles. The molecule has 0 bridgehead atoms. The highest BCUT2D eigenvalue weighted by Gasteiger charge is 2.93. The van der Waals surface area contributed by atoms with Gasteiger partial charge in [-0.2, -0.15) is 74.6 Å². The SMILES string of the molecule is O=C(OCC(F)(F)F)OCC(F)(F)C(F)(F)C(F)(F)C(F)(F)C(F)(F)C(F)(F)C(F)(F)C(F)F. The number of carbonyl (C=O) groups is 1. The number of alkyl halides is 19. The van der Waals surface area contributed by atoms with Crippen molar-refractivity contribution in [3.63, 3.8) is 0 Å². The summed E-state index contributed by atoms with van der Waals surface area (Å²) < 4.78 is 249. The molecule has 0 aromatic heterocycles. The summed E-state index contributed by atoms with van der Waals surface area (Å²) >= 11 is 0. The fourth-order valence-corrected chi connectivity index (χ4v) is 1.59. The van der Waals surface area contributed by atoms with Gasteiger partial charge in [-0.3, -0.25) is 0 Å². The van der Waals surface area contributed by atoms with Gasteiger partial charge >= 0.3 is 60.2 Å². The van der Waals surface area contributed by atoms with E-state index in [0.29, 0.717) is 0 Å². The monoisotopic (exact) mass is 558 g/mol. The topological polar surface area (TPSA) is 35.5 Å². The summed E-state index contributed by atoms with van der Waals surface area (Å²) in [6.45, 7) is -6.31. The Morgan fingerprint density at radius 1 is 0.529 bits per heavy atom. The van der Waals surface area contributed by atoms with Crippen molar-refractivity contribution >= 4 is 6.16 Å². The molecule has 34 heavy (non-hydrogen) atoms. The normalized spacial score (nSPS) is 15.5. The lowest BCUT2D eigenvalue weighted by molar-refractivity contribution is -0.447. The van der Waals surface area contributed by atoms with Crippen LogP contribution in [0.5, 0.6) is 0 Å². The molecule has 204 valence electrons. The van der Waals surface area contributed by atoms with Crippen molar-refractivity contribution in [3.05, 3.63) is 0 Å². The molecular formula is C12H5F19O3. The second-order valence-electron chi connectivity index (χ2n) is 5.94. The number of hydrogen-bond donors (Lipinski definition) is 0. The molecule has 0 atom stereocenters. The zero-order valence-electron chi connectivity index (χ0n) is 14.9. The predicted molar refractivity (Wildman–Crippen MR) is 64.0 cm³/mol. The Bertz CT molecular complexity index is 725. The van der Waals surface area contributed by atoms with Crippen LogP contribution in [0.2, 0.25) is 0 Å². The highest BCUT2D eigenvalue weighted by atomic mass is 19.4. The molecule has 0 heterocycles. The van der Waals surface area contributed by atoms with Gasteiger partial charge in [-0.15, -0.1) is 0 Å². The highest BCUT2D eigenvalue weighted by molar-refractivity contribution is 5.59. The Morgan fingerprint density at radius 2 is 0.853 bits per heavy atom. The zero-order valence-corrected chi connectivity index (χ0v) is 14.9. The standard InChI is InChI=1S/C12H5F19O3/c13-3(14)7(20,21)9(24,25)11(28,29)12(30,31)10(26,27)8(22,23)5(15,16)1-33-4(32)34-2-6(17,18)19/h3H,1-2H2. The Labute approximate surface area is 172 Å². The van der Waals surface area contributed by atoms with E-state index in [1.54, 1.807) is 0 Å². The third-order valence-corrected chi connectivity index (χ3v) is 3.45. The lowest BCUT2D eigenvalue weighted by Gasteiger charge is -2.42. The van der Waals surface area contributed by atoms with Crippen LogP contribution in [0.15, 0.2) is 0 Å². The molecule has 0 fully saturated rings. The van der Waals surface area contributed by atoms with Gasteiger partial charge in [0.15, 0.2) is 13.2 Å². The fraction of sp³-hybridized carbons (Fsp3) is 0.917. The van der Waals surface area contributed by atoms with Crippen molar-refractivity contribution in [1.29, 1.82) is 0 Å². The van der Waals surface area contributed by atoms with Gasteiger partial charge in [0.05, 0.1) is 0 Å². The molecule has 0 aromatic carbocycles. The minimum atomic E-state index is -8.65. The molecule has 0 unspecified atom stereocenters. The maximum absolute atomic E-state index is 13.4. The number of rotatable bonds is 10. The molecule has 0 N–H and O–H groups in total. The van der Waals surface area contributed by atoms with Crippen molar-refractivity contribution in [2.45, 2.75) is 54.1 Å². The van der Waals surface area contributed by atoms with Gasteiger partial charge in [0.25, 0.3) is 0 Å². The highest BCUT2D eigenvalue weighted by Crippen LogP contribution is 2.62. The minimum absolute atomic E-state index is 2.66. The van der Waals surface area contributed by atoms with Crippen LogP contribution >= 0.6 is 0 Å². The molecule has 0 amide bonds. The number of carbonyl (C=O) groups excluding carboxylic acids is 1. The Kier molecular flexibility index (Phi) is 8.33. The molecule has 0 aliphatic carbocycles. The van der Waals surface area contributed by atoms with Gasteiger partial charge in [-0.05, 0) is 0 Å². The van der Waals surface area contributed by atoms with Gasteiger partial charge in [0.1, 0.15) is 0 Å². The summed E-state index contributed by atoms with van der Waals surface area (Å²) in [7, 11) is 0. The first kappa shape index (κ1) is 31.9. The largest absolute Gasteiger partial charge is 0.508 e. The van der Waals surface area contributed by atoms with E-state index in [2.05, 4.69) is 9.47 Å². The van der Waals surface area contributed by atoms with E-state index in [0.717, 1.165) is 0 Å². The average molecular weight is 558 g/mol. The molecule has 0 rings (SSSR count). The van der Waals surface area contributed by atoms with Crippen LogP contribution in [0.4, 0.5) is 88.2 Å². The Balaban J connectivity index is 6.14. The van der Waals surface area contributed by atoms with Crippen LogP contribution in [0.1, 0.15) is 0 Å². The number of halogens is 19. The van der Waals surface area contributed by atoms with Crippen molar-refractivity contribution in [2.75, 3.05) is 13.2 Å². The van der Waals surface area contributed by atoms with Crippen molar-refractivity contribution in [1.82, 2.24) is 0 Å². The quantitative estimate of drug-likeness (QED) is 0.230. The summed E-state index contributed by atoms with van der Waals surface area (Å²) in [5.41, 5.74) is 0. The first-order chi connectivity index (χ1) is 14.5. The van der Waals surface area contributed by atoms with E-state index >= 15 is 0 Å². The molecule has 22 heteroatoms. The molecule has 0 aliphatic rings. The van der Waals surface area contributed by atoms with Crippen molar-refractivity contribution in [2.24, 2.45) is 0 Å². The average Bonchev–Trinajstić information content (AvgIpc) is 2.62. The first-order valence-corrected chi connectivity index (χ1v) is 7.33. The van der Waals surface area contributed by atoms with Crippen LogP contribution in [0.25, 0.3) is 0 Å². The second-order valence-corrected chi connectivity index (χ2v) is 5.94. The van der Waals surface area contributed by atoms with Crippen LogP contribution in [-0.2, 0) is 9.47 Å². The van der Waals surface area contributed by atoms with E-state index < -0.39 is 73.4 Å². The van der Waals surface area contributed by atoms with E-state index in [1.807, 2.05) is 0 Å².